The number of halogens is 1. The third-order valence-corrected chi connectivity index (χ3v) is 5.90. The Labute approximate surface area is 197 Å². The first-order valence-electron chi connectivity index (χ1n) is 11.3. The average molecular weight is 479 g/mol. The number of aryl methyl sites for hydroxylation is 2. The standard InChI is InChI=1S/C22H31FN6O5/c1-5-15(23)11-28(3)22(32)33-12-18-19(26-27-29(18)4)17-10-24-20(13(2)25-17)34-16-8-6-7-14(9-16)21(30)31/h10,14-16H,5-9,11-12H2,1-4H3,(H,30,31)/t14-,15?,16-/m0/s1. The number of hydrogen-bond acceptors (Lipinski definition) is 8. The molecular formula is C22H31FN6O5. The van der Waals surface area contributed by atoms with Crippen molar-refractivity contribution in [3.05, 3.63) is 17.6 Å². The third-order valence-electron chi connectivity index (χ3n) is 5.90. The molecule has 2 heterocycles. The van der Waals surface area contributed by atoms with Gasteiger partial charge in [0.2, 0.25) is 5.88 Å². The molecule has 1 aliphatic carbocycles. The second-order valence-corrected chi connectivity index (χ2v) is 8.54. The van der Waals surface area contributed by atoms with Gasteiger partial charge >= 0.3 is 12.1 Å². The summed E-state index contributed by atoms with van der Waals surface area (Å²) in [6, 6.07) is 0. The zero-order valence-electron chi connectivity index (χ0n) is 19.9. The highest BCUT2D eigenvalue weighted by Gasteiger charge is 2.29. The van der Waals surface area contributed by atoms with Gasteiger partial charge in [0.1, 0.15) is 41.7 Å². The number of carbonyl (C=O) groups is 2. The van der Waals surface area contributed by atoms with Crippen LogP contribution in [0.15, 0.2) is 6.20 Å². The molecule has 0 bridgehead atoms. The molecule has 1 N–H and O–H groups in total. The van der Waals surface area contributed by atoms with Crippen molar-refractivity contribution in [2.24, 2.45) is 13.0 Å². The van der Waals surface area contributed by atoms with Crippen LogP contribution in [0.5, 0.6) is 5.88 Å². The lowest BCUT2D eigenvalue weighted by Gasteiger charge is -2.27. The molecule has 11 nitrogen and oxygen atoms in total. The van der Waals surface area contributed by atoms with Gasteiger partial charge in [-0.15, -0.1) is 5.10 Å². The number of carboxylic acids is 1. The number of aliphatic carboxylic acids is 1. The maximum atomic E-state index is 13.6. The zero-order chi connectivity index (χ0) is 24.8. The largest absolute Gasteiger partial charge is 0.481 e. The Balaban J connectivity index is 1.68. The highest BCUT2D eigenvalue weighted by Crippen LogP contribution is 2.29. The lowest BCUT2D eigenvalue weighted by molar-refractivity contribution is -0.143. The molecular weight excluding hydrogens is 447 g/mol. The monoisotopic (exact) mass is 478 g/mol. The van der Waals surface area contributed by atoms with E-state index in [4.69, 9.17) is 9.47 Å². The van der Waals surface area contributed by atoms with Crippen LogP contribution in [0.3, 0.4) is 0 Å². The summed E-state index contributed by atoms with van der Waals surface area (Å²) in [6.07, 6.45) is 2.46. The zero-order valence-corrected chi connectivity index (χ0v) is 19.9. The molecule has 12 heteroatoms. The molecule has 1 aliphatic rings. The van der Waals surface area contributed by atoms with Crippen molar-refractivity contribution in [3.63, 3.8) is 0 Å². The van der Waals surface area contributed by atoms with Gasteiger partial charge in [-0.05, 0) is 39.0 Å². The average Bonchev–Trinajstić information content (AvgIpc) is 3.18. The van der Waals surface area contributed by atoms with Gasteiger partial charge < -0.3 is 19.5 Å². The van der Waals surface area contributed by atoms with Crippen LogP contribution in [-0.2, 0) is 23.2 Å². The number of amides is 1. The molecule has 1 unspecified atom stereocenters. The SMILES string of the molecule is CCC(F)CN(C)C(=O)OCc1c(-c2cnc(O[C@H]3CCC[C@H](C(=O)O)C3)c(C)n2)nnn1C. The minimum absolute atomic E-state index is 0.0494. The summed E-state index contributed by atoms with van der Waals surface area (Å²) in [5.74, 6) is -0.869. The molecule has 2 aromatic heterocycles. The highest BCUT2D eigenvalue weighted by atomic mass is 19.1. The molecule has 1 saturated carbocycles. The number of carboxylic acid groups (broad SMARTS) is 1. The van der Waals surface area contributed by atoms with E-state index in [-0.39, 0.29) is 19.3 Å². The number of alkyl halides is 1. The normalized spacial score (nSPS) is 18.9. The van der Waals surface area contributed by atoms with Crippen LogP contribution in [-0.4, -0.2) is 72.9 Å². The first-order chi connectivity index (χ1) is 16.2. The number of rotatable bonds is 9. The Morgan fingerprint density at radius 2 is 2.15 bits per heavy atom. The molecule has 0 aromatic carbocycles. The van der Waals surface area contributed by atoms with E-state index < -0.39 is 24.2 Å². The minimum Gasteiger partial charge on any atom is -0.481 e. The van der Waals surface area contributed by atoms with Crippen LogP contribution in [0.4, 0.5) is 9.18 Å². The topological polar surface area (TPSA) is 133 Å². The Kier molecular flexibility index (Phi) is 8.35. The van der Waals surface area contributed by atoms with Gasteiger partial charge in [-0.25, -0.2) is 23.8 Å². The van der Waals surface area contributed by atoms with Crippen molar-refractivity contribution < 1.29 is 28.6 Å². The summed E-state index contributed by atoms with van der Waals surface area (Å²) in [4.78, 5) is 33.6. The quantitative estimate of drug-likeness (QED) is 0.577. The van der Waals surface area contributed by atoms with Crippen LogP contribution in [0, 0.1) is 12.8 Å². The molecule has 0 saturated heterocycles. The van der Waals surface area contributed by atoms with Crippen LogP contribution >= 0.6 is 0 Å². The predicted octanol–water partition coefficient (Wildman–Crippen LogP) is 2.92. The Hall–Kier alpha value is -3.31. The maximum absolute atomic E-state index is 13.6. The van der Waals surface area contributed by atoms with Crippen LogP contribution in [0.25, 0.3) is 11.4 Å². The summed E-state index contributed by atoms with van der Waals surface area (Å²) in [7, 11) is 3.14. The predicted molar refractivity (Wildman–Crippen MR) is 119 cm³/mol. The molecule has 1 fully saturated rings. The first kappa shape index (κ1) is 25.3. The van der Waals surface area contributed by atoms with Gasteiger partial charge in [0, 0.05) is 14.1 Å². The third kappa shape index (κ3) is 6.17. The molecule has 1 amide bonds. The van der Waals surface area contributed by atoms with Gasteiger partial charge in [-0.1, -0.05) is 12.1 Å². The maximum Gasteiger partial charge on any atom is 0.409 e. The van der Waals surface area contributed by atoms with E-state index in [0.717, 1.165) is 12.8 Å². The second-order valence-electron chi connectivity index (χ2n) is 8.54. The van der Waals surface area contributed by atoms with Crippen molar-refractivity contribution >= 4 is 12.1 Å². The number of ether oxygens (including phenoxy) is 2. The number of aromatic nitrogens is 5. The summed E-state index contributed by atoms with van der Waals surface area (Å²) >= 11 is 0. The van der Waals surface area contributed by atoms with Gasteiger partial charge in [0.25, 0.3) is 0 Å². The lowest BCUT2D eigenvalue weighted by atomic mass is 9.87. The molecule has 0 aliphatic heterocycles. The van der Waals surface area contributed by atoms with E-state index in [1.54, 1.807) is 20.9 Å². The Morgan fingerprint density at radius 1 is 1.38 bits per heavy atom. The molecule has 3 atom stereocenters. The van der Waals surface area contributed by atoms with E-state index in [2.05, 4.69) is 20.3 Å². The van der Waals surface area contributed by atoms with Gasteiger partial charge in [0.15, 0.2) is 0 Å². The molecule has 2 aromatic rings. The van der Waals surface area contributed by atoms with Gasteiger partial charge in [-0.3, -0.25) is 4.79 Å². The molecule has 3 rings (SSSR count). The summed E-state index contributed by atoms with van der Waals surface area (Å²) in [5.41, 5.74) is 1.87. The van der Waals surface area contributed by atoms with E-state index in [1.165, 1.54) is 22.8 Å². The number of carbonyl (C=O) groups excluding carboxylic acids is 1. The minimum atomic E-state index is -1.12. The smallest absolute Gasteiger partial charge is 0.409 e. The van der Waals surface area contributed by atoms with Crippen LogP contribution < -0.4 is 4.74 Å². The van der Waals surface area contributed by atoms with Gasteiger partial charge in [-0.2, -0.15) is 0 Å². The summed E-state index contributed by atoms with van der Waals surface area (Å²) < 4.78 is 26.3. The van der Waals surface area contributed by atoms with Crippen molar-refractivity contribution in [2.75, 3.05) is 13.6 Å². The Morgan fingerprint density at radius 3 is 2.82 bits per heavy atom. The number of nitrogens with zero attached hydrogens (tertiary/aromatic N) is 6. The fraction of sp³-hybridized carbons (Fsp3) is 0.636. The van der Waals surface area contributed by atoms with Crippen LogP contribution in [0.1, 0.15) is 50.4 Å². The van der Waals surface area contributed by atoms with Crippen LogP contribution in [0.2, 0.25) is 0 Å². The van der Waals surface area contributed by atoms with E-state index in [1.807, 2.05) is 0 Å². The van der Waals surface area contributed by atoms with Gasteiger partial charge in [0.05, 0.1) is 18.7 Å². The van der Waals surface area contributed by atoms with E-state index in [9.17, 15) is 19.1 Å². The molecule has 0 radical (unpaired) electrons. The van der Waals surface area contributed by atoms with Crippen molar-refractivity contribution in [3.8, 4) is 17.3 Å². The Bertz CT molecular complexity index is 1020. The van der Waals surface area contributed by atoms with Crippen molar-refractivity contribution in [1.82, 2.24) is 29.9 Å². The molecule has 186 valence electrons. The second kappa shape index (κ2) is 11.2. The fourth-order valence-corrected chi connectivity index (χ4v) is 3.81. The van der Waals surface area contributed by atoms with E-state index in [0.29, 0.717) is 47.9 Å². The van der Waals surface area contributed by atoms with Crippen molar-refractivity contribution in [1.29, 1.82) is 0 Å². The fourth-order valence-electron chi connectivity index (χ4n) is 3.81. The summed E-state index contributed by atoms with van der Waals surface area (Å²) in [5, 5.41) is 17.4. The summed E-state index contributed by atoms with van der Waals surface area (Å²) in [6.45, 7) is 3.28. The lowest BCUT2D eigenvalue weighted by Crippen LogP contribution is -2.33. The molecule has 0 spiro atoms. The highest BCUT2D eigenvalue weighted by molar-refractivity contribution is 5.70. The van der Waals surface area contributed by atoms with E-state index >= 15 is 0 Å². The molecule has 34 heavy (non-hydrogen) atoms. The number of hydrogen-bond donors (Lipinski definition) is 1. The first-order valence-corrected chi connectivity index (χ1v) is 11.3. The van der Waals surface area contributed by atoms with Crippen molar-refractivity contribution in [2.45, 2.75) is 64.8 Å².